The van der Waals surface area contributed by atoms with Crippen molar-refractivity contribution in [2.24, 2.45) is 5.92 Å². The highest BCUT2D eigenvalue weighted by molar-refractivity contribution is 7.94. The van der Waals surface area contributed by atoms with Gasteiger partial charge < -0.3 is 5.32 Å². The van der Waals surface area contributed by atoms with Gasteiger partial charge in [-0.3, -0.25) is 4.79 Å². The minimum Gasteiger partial charge on any atom is -0.352 e. The van der Waals surface area contributed by atoms with Crippen LogP contribution in [0.25, 0.3) is 0 Å². The SMILES string of the molecule is CC(C)CNC(=O)/C=C\S(=O)(=O)CCCc1ccccc1. The molecule has 116 valence electrons. The van der Waals surface area contributed by atoms with Crippen LogP contribution in [0, 0.1) is 5.92 Å². The number of carbonyl (C=O) groups excluding carboxylic acids is 1. The van der Waals surface area contributed by atoms with Gasteiger partial charge in [-0.2, -0.15) is 0 Å². The molecule has 4 nitrogen and oxygen atoms in total. The first-order valence-electron chi connectivity index (χ1n) is 7.11. The summed E-state index contributed by atoms with van der Waals surface area (Å²) in [5, 5.41) is 3.65. The molecular formula is C16H23NO3S. The maximum absolute atomic E-state index is 11.8. The second-order valence-electron chi connectivity index (χ2n) is 5.40. The summed E-state index contributed by atoms with van der Waals surface area (Å²) in [5.74, 6) is 0.0238. The van der Waals surface area contributed by atoms with Gasteiger partial charge in [-0.1, -0.05) is 44.2 Å². The van der Waals surface area contributed by atoms with Crippen molar-refractivity contribution in [1.82, 2.24) is 5.32 Å². The molecule has 0 saturated heterocycles. The topological polar surface area (TPSA) is 63.2 Å². The third kappa shape index (κ3) is 8.30. The largest absolute Gasteiger partial charge is 0.352 e. The number of amides is 1. The van der Waals surface area contributed by atoms with E-state index < -0.39 is 9.84 Å². The van der Waals surface area contributed by atoms with Crippen molar-refractivity contribution >= 4 is 15.7 Å². The van der Waals surface area contributed by atoms with E-state index in [1.165, 1.54) is 0 Å². The van der Waals surface area contributed by atoms with Crippen molar-refractivity contribution in [3.63, 3.8) is 0 Å². The number of sulfone groups is 1. The Labute approximate surface area is 127 Å². The molecule has 0 radical (unpaired) electrons. The molecule has 1 rings (SSSR count). The summed E-state index contributed by atoms with van der Waals surface area (Å²) in [5.41, 5.74) is 1.12. The van der Waals surface area contributed by atoms with Crippen LogP contribution >= 0.6 is 0 Å². The smallest absolute Gasteiger partial charge is 0.244 e. The molecule has 1 aromatic carbocycles. The lowest BCUT2D eigenvalue weighted by Crippen LogP contribution is -2.25. The summed E-state index contributed by atoms with van der Waals surface area (Å²) in [4.78, 5) is 11.4. The third-order valence-electron chi connectivity index (χ3n) is 2.85. The molecule has 1 amide bonds. The van der Waals surface area contributed by atoms with Gasteiger partial charge in [0.15, 0.2) is 9.84 Å². The molecule has 5 heteroatoms. The fourth-order valence-electron chi connectivity index (χ4n) is 1.72. The summed E-state index contributed by atoms with van der Waals surface area (Å²) < 4.78 is 23.6. The number of rotatable bonds is 8. The second kappa shape index (κ2) is 8.62. The van der Waals surface area contributed by atoms with Gasteiger partial charge in [0.1, 0.15) is 0 Å². The summed E-state index contributed by atoms with van der Waals surface area (Å²) in [7, 11) is -3.33. The minimum absolute atomic E-state index is 0.0514. The summed E-state index contributed by atoms with van der Waals surface area (Å²) in [6.45, 7) is 4.49. The van der Waals surface area contributed by atoms with Crippen LogP contribution in [0.1, 0.15) is 25.8 Å². The molecule has 0 aliphatic carbocycles. The molecule has 0 aliphatic rings. The van der Waals surface area contributed by atoms with E-state index in [4.69, 9.17) is 0 Å². The van der Waals surface area contributed by atoms with E-state index in [0.29, 0.717) is 25.3 Å². The fraction of sp³-hybridized carbons (Fsp3) is 0.438. The van der Waals surface area contributed by atoms with Crippen molar-refractivity contribution in [1.29, 1.82) is 0 Å². The quantitative estimate of drug-likeness (QED) is 0.750. The van der Waals surface area contributed by atoms with Gasteiger partial charge in [-0.05, 0) is 24.3 Å². The van der Waals surface area contributed by atoms with Crippen LogP contribution in [0.4, 0.5) is 0 Å². The van der Waals surface area contributed by atoms with Gasteiger partial charge >= 0.3 is 0 Å². The van der Waals surface area contributed by atoms with E-state index in [2.05, 4.69) is 5.32 Å². The first-order chi connectivity index (χ1) is 9.89. The van der Waals surface area contributed by atoms with Crippen LogP contribution in [0.3, 0.4) is 0 Å². The molecule has 0 fully saturated rings. The van der Waals surface area contributed by atoms with Gasteiger partial charge in [0.2, 0.25) is 5.91 Å². The lowest BCUT2D eigenvalue weighted by atomic mass is 10.1. The summed E-state index contributed by atoms with van der Waals surface area (Å²) in [6, 6.07) is 9.74. The third-order valence-corrected chi connectivity index (χ3v) is 4.26. The van der Waals surface area contributed by atoms with Crippen molar-refractivity contribution in [3.05, 3.63) is 47.4 Å². The minimum atomic E-state index is -3.33. The van der Waals surface area contributed by atoms with E-state index in [1.54, 1.807) is 0 Å². The fourth-order valence-corrected chi connectivity index (χ4v) is 2.73. The molecular weight excluding hydrogens is 286 g/mol. The lowest BCUT2D eigenvalue weighted by molar-refractivity contribution is -0.116. The zero-order valence-corrected chi connectivity index (χ0v) is 13.4. The highest BCUT2D eigenvalue weighted by Gasteiger charge is 2.07. The van der Waals surface area contributed by atoms with Crippen LogP contribution in [0.2, 0.25) is 0 Å². The standard InChI is InChI=1S/C16H23NO3S/c1-14(2)13-17-16(18)10-12-21(19,20)11-6-9-15-7-4-3-5-8-15/h3-5,7-8,10,12,14H,6,9,11,13H2,1-2H3,(H,17,18)/b12-10-. The Hall–Kier alpha value is -1.62. The Kier molecular flexibility index (Phi) is 7.15. The first-order valence-corrected chi connectivity index (χ1v) is 8.83. The summed E-state index contributed by atoms with van der Waals surface area (Å²) in [6.07, 6.45) is 2.36. The van der Waals surface area contributed by atoms with E-state index in [-0.39, 0.29) is 11.7 Å². The molecule has 0 aromatic heterocycles. The highest BCUT2D eigenvalue weighted by Crippen LogP contribution is 2.05. The number of aryl methyl sites for hydroxylation is 1. The van der Waals surface area contributed by atoms with E-state index in [1.807, 2.05) is 44.2 Å². The van der Waals surface area contributed by atoms with E-state index >= 15 is 0 Å². The predicted molar refractivity (Wildman–Crippen MR) is 85.5 cm³/mol. The molecule has 1 aromatic rings. The molecule has 1 N–H and O–H groups in total. The first kappa shape index (κ1) is 17.4. The number of carbonyl (C=O) groups is 1. The predicted octanol–water partition coefficient (Wildman–Crippen LogP) is 2.32. The molecule has 21 heavy (non-hydrogen) atoms. The Morgan fingerprint density at radius 2 is 1.90 bits per heavy atom. The molecule has 0 atom stereocenters. The molecule has 0 bridgehead atoms. The zero-order chi connectivity index (χ0) is 15.7. The Balaban J connectivity index is 2.38. The Bertz CT molecular complexity index is 562. The van der Waals surface area contributed by atoms with Gasteiger partial charge in [0.05, 0.1) is 5.75 Å². The molecule has 0 spiro atoms. The average molecular weight is 309 g/mol. The van der Waals surface area contributed by atoms with E-state index in [9.17, 15) is 13.2 Å². The van der Waals surface area contributed by atoms with Crippen LogP contribution in [-0.4, -0.2) is 26.6 Å². The molecule has 0 saturated carbocycles. The monoisotopic (exact) mass is 309 g/mol. The van der Waals surface area contributed by atoms with Crippen molar-refractivity contribution in [2.75, 3.05) is 12.3 Å². The normalized spacial score (nSPS) is 12.0. The number of nitrogens with one attached hydrogen (secondary N) is 1. The molecule has 0 aliphatic heterocycles. The van der Waals surface area contributed by atoms with Crippen LogP contribution < -0.4 is 5.32 Å². The van der Waals surface area contributed by atoms with Gasteiger partial charge in [-0.15, -0.1) is 0 Å². The van der Waals surface area contributed by atoms with Crippen molar-refractivity contribution < 1.29 is 13.2 Å². The number of hydrogen-bond acceptors (Lipinski definition) is 3. The maximum Gasteiger partial charge on any atom is 0.244 e. The maximum atomic E-state index is 11.8. The second-order valence-corrected chi connectivity index (χ2v) is 7.40. The van der Waals surface area contributed by atoms with Crippen LogP contribution in [-0.2, 0) is 21.1 Å². The molecule has 0 heterocycles. The zero-order valence-electron chi connectivity index (χ0n) is 12.6. The summed E-state index contributed by atoms with van der Waals surface area (Å²) >= 11 is 0. The van der Waals surface area contributed by atoms with Gasteiger partial charge in [0, 0.05) is 18.0 Å². The average Bonchev–Trinajstić information content (AvgIpc) is 2.44. The Morgan fingerprint density at radius 1 is 1.24 bits per heavy atom. The number of benzene rings is 1. The lowest BCUT2D eigenvalue weighted by Gasteiger charge is -2.04. The van der Waals surface area contributed by atoms with Crippen molar-refractivity contribution in [3.8, 4) is 0 Å². The highest BCUT2D eigenvalue weighted by atomic mass is 32.2. The van der Waals surface area contributed by atoms with Crippen LogP contribution in [0.5, 0.6) is 0 Å². The van der Waals surface area contributed by atoms with E-state index in [0.717, 1.165) is 17.0 Å². The Morgan fingerprint density at radius 3 is 2.52 bits per heavy atom. The van der Waals surface area contributed by atoms with Crippen molar-refractivity contribution in [2.45, 2.75) is 26.7 Å². The molecule has 0 unspecified atom stereocenters. The van der Waals surface area contributed by atoms with Gasteiger partial charge in [-0.25, -0.2) is 8.42 Å². The number of hydrogen-bond donors (Lipinski definition) is 1. The van der Waals surface area contributed by atoms with Crippen LogP contribution in [0.15, 0.2) is 41.8 Å². The van der Waals surface area contributed by atoms with Gasteiger partial charge in [0.25, 0.3) is 0 Å².